The van der Waals surface area contributed by atoms with Gasteiger partial charge in [0.15, 0.2) is 0 Å². The molecule has 2 unspecified atom stereocenters. The van der Waals surface area contributed by atoms with Crippen LogP contribution in [0.1, 0.15) is 59.8 Å². The first kappa shape index (κ1) is 12.8. The van der Waals surface area contributed by atoms with Gasteiger partial charge in [-0.05, 0) is 55.9 Å². The Hall–Kier alpha value is -0.300. The molecule has 1 N–H and O–H groups in total. The second-order valence-corrected chi connectivity index (χ2v) is 6.31. The number of aliphatic hydroxyl groups is 1. The Morgan fingerprint density at radius 2 is 1.87 bits per heavy atom. The van der Waals surface area contributed by atoms with Crippen molar-refractivity contribution in [3.05, 3.63) is 12.2 Å². The van der Waals surface area contributed by atoms with Crippen LogP contribution in [0.2, 0.25) is 0 Å². The summed E-state index contributed by atoms with van der Waals surface area (Å²) in [6.45, 7) is 12.8. The molecule has 1 nitrogen and oxygen atoms in total. The van der Waals surface area contributed by atoms with Crippen LogP contribution in [-0.2, 0) is 0 Å². The van der Waals surface area contributed by atoms with Crippen LogP contribution in [0.4, 0.5) is 0 Å². The highest BCUT2D eigenvalue weighted by molar-refractivity contribution is 5.10. The summed E-state index contributed by atoms with van der Waals surface area (Å²) >= 11 is 0. The van der Waals surface area contributed by atoms with Crippen LogP contribution in [0.5, 0.6) is 0 Å². The van der Waals surface area contributed by atoms with Gasteiger partial charge in [0.25, 0.3) is 0 Å². The van der Waals surface area contributed by atoms with Gasteiger partial charge in [-0.3, -0.25) is 0 Å². The molecule has 1 fully saturated rings. The summed E-state index contributed by atoms with van der Waals surface area (Å²) in [4.78, 5) is 0. The number of rotatable bonds is 1. The lowest BCUT2D eigenvalue weighted by Crippen LogP contribution is -2.29. The van der Waals surface area contributed by atoms with Gasteiger partial charge in [-0.15, -0.1) is 0 Å². The van der Waals surface area contributed by atoms with Crippen LogP contribution in [-0.4, -0.2) is 10.7 Å². The Morgan fingerprint density at radius 1 is 1.27 bits per heavy atom. The highest BCUT2D eigenvalue weighted by Gasteiger charge is 2.34. The van der Waals surface area contributed by atoms with E-state index in [1.165, 1.54) is 6.42 Å². The van der Waals surface area contributed by atoms with Crippen molar-refractivity contribution < 1.29 is 5.11 Å². The smallest absolute Gasteiger partial charge is 0.0851 e. The van der Waals surface area contributed by atoms with Gasteiger partial charge in [0.05, 0.1) is 5.60 Å². The average molecular weight is 210 g/mol. The van der Waals surface area contributed by atoms with Gasteiger partial charge in [-0.25, -0.2) is 0 Å². The SMILES string of the molecule is C=C(C)C1(O)CCCC(C(C)(C)C)CC1. The topological polar surface area (TPSA) is 20.2 Å². The fourth-order valence-electron chi connectivity index (χ4n) is 2.62. The average Bonchev–Trinajstić information content (AvgIpc) is 2.26. The highest BCUT2D eigenvalue weighted by atomic mass is 16.3. The molecule has 1 aliphatic rings. The predicted molar refractivity (Wildman–Crippen MR) is 65.8 cm³/mol. The molecule has 15 heavy (non-hydrogen) atoms. The third kappa shape index (κ3) is 3.07. The third-order valence-electron chi connectivity index (χ3n) is 4.07. The van der Waals surface area contributed by atoms with E-state index in [1.807, 2.05) is 6.92 Å². The van der Waals surface area contributed by atoms with Crippen LogP contribution in [0, 0.1) is 11.3 Å². The maximum absolute atomic E-state index is 10.4. The maximum atomic E-state index is 10.4. The molecule has 1 saturated carbocycles. The molecular formula is C14H26O. The van der Waals surface area contributed by atoms with Crippen molar-refractivity contribution in [3.63, 3.8) is 0 Å². The zero-order valence-electron chi connectivity index (χ0n) is 10.8. The lowest BCUT2D eigenvalue weighted by Gasteiger charge is -2.31. The normalized spacial score (nSPS) is 33.5. The molecule has 0 spiro atoms. The summed E-state index contributed by atoms with van der Waals surface area (Å²) in [5.41, 5.74) is 0.734. The standard InChI is InChI=1S/C14H26O/c1-11(2)14(15)9-6-7-12(8-10-14)13(3,4)5/h12,15H,1,6-10H2,2-5H3. The van der Waals surface area contributed by atoms with Crippen molar-refractivity contribution in [2.45, 2.75) is 65.4 Å². The second kappa shape index (κ2) is 4.29. The molecule has 0 aromatic carbocycles. The first-order valence-corrected chi connectivity index (χ1v) is 6.14. The quantitative estimate of drug-likeness (QED) is 0.514. The summed E-state index contributed by atoms with van der Waals surface area (Å²) in [6.07, 6.45) is 5.30. The third-order valence-corrected chi connectivity index (χ3v) is 4.07. The Kier molecular flexibility index (Phi) is 3.65. The second-order valence-electron chi connectivity index (χ2n) is 6.31. The number of hydrogen-bond acceptors (Lipinski definition) is 1. The van der Waals surface area contributed by atoms with Gasteiger partial charge in [0, 0.05) is 0 Å². The van der Waals surface area contributed by atoms with E-state index in [0.717, 1.165) is 37.2 Å². The molecule has 0 radical (unpaired) electrons. The maximum Gasteiger partial charge on any atom is 0.0851 e. The minimum atomic E-state index is -0.583. The molecule has 0 bridgehead atoms. The van der Waals surface area contributed by atoms with Crippen LogP contribution in [0.25, 0.3) is 0 Å². The fraction of sp³-hybridized carbons (Fsp3) is 0.857. The molecule has 0 saturated heterocycles. The molecule has 0 aliphatic heterocycles. The predicted octanol–water partition coefficient (Wildman–Crippen LogP) is 3.92. The molecule has 2 atom stereocenters. The molecule has 1 rings (SSSR count). The van der Waals surface area contributed by atoms with Crippen LogP contribution >= 0.6 is 0 Å². The van der Waals surface area contributed by atoms with Gasteiger partial charge in [-0.2, -0.15) is 0 Å². The van der Waals surface area contributed by atoms with E-state index >= 15 is 0 Å². The van der Waals surface area contributed by atoms with Gasteiger partial charge in [0.2, 0.25) is 0 Å². The Balaban J connectivity index is 2.68. The molecule has 1 aliphatic carbocycles. The van der Waals surface area contributed by atoms with E-state index in [9.17, 15) is 5.11 Å². The van der Waals surface area contributed by atoms with Crippen molar-refractivity contribution in [1.29, 1.82) is 0 Å². The zero-order valence-corrected chi connectivity index (χ0v) is 10.8. The van der Waals surface area contributed by atoms with E-state index < -0.39 is 5.60 Å². The van der Waals surface area contributed by atoms with E-state index in [4.69, 9.17) is 0 Å². The zero-order chi connectivity index (χ0) is 11.7. The van der Waals surface area contributed by atoms with E-state index in [0.29, 0.717) is 5.41 Å². The molecule has 0 aromatic heterocycles. The molecule has 0 heterocycles. The van der Waals surface area contributed by atoms with Crippen LogP contribution in [0.15, 0.2) is 12.2 Å². The van der Waals surface area contributed by atoms with Crippen molar-refractivity contribution in [2.24, 2.45) is 11.3 Å². The van der Waals surface area contributed by atoms with E-state index in [1.54, 1.807) is 0 Å². The van der Waals surface area contributed by atoms with E-state index in [2.05, 4.69) is 27.4 Å². The van der Waals surface area contributed by atoms with Crippen molar-refractivity contribution in [2.75, 3.05) is 0 Å². The van der Waals surface area contributed by atoms with Crippen LogP contribution in [0.3, 0.4) is 0 Å². The molecule has 0 amide bonds. The van der Waals surface area contributed by atoms with Gasteiger partial charge < -0.3 is 5.11 Å². The first-order valence-electron chi connectivity index (χ1n) is 6.14. The highest BCUT2D eigenvalue weighted by Crippen LogP contribution is 2.41. The summed E-state index contributed by atoms with van der Waals surface area (Å²) in [5.74, 6) is 0.742. The number of hydrogen-bond donors (Lipinski definition) is 1. The fourth-order valence-corrected chi connectivity index (χ4v) is 2.62. The molecule has 88 valence electrons. The van der Waals surface area contributed by atoms with Gasteiger partial charge in [-0.1, -0.05) is 27.4 Å². The van der Waals surface area contributed by atoms with Gasteiger partial charge >= 0.3 is 0 Å². The summed E-state index contributed by atoms with van der Waals surface area (Å²) in [5, 5.41) is 10.4. The van der Waals surface area contributed by atoms with Crippen molar-refractivity contribution in [1.82, 2.24) is 0 Å². The lowest BCUT2D eigenvalue weighted by molar-refractivity contribution is 0.0592. The summed E-state index contributed by atoms with van der Waals surface area (Å²) in [7, 11) is 0. The van der Waals surface area contributed by atoms with Gasteiger partial charge in [0.1, 0.15) is 0 Å². The van der Waals surface area contributed by atoms with Crippen molar-refractivity contribution >= 4 is 0 Å². The Labute approximate surface area is 94.6 Å². The summed E-state index contributed by atoms with van der Waals surface area (Å²) < 4.78 is 0. The Morgan fingerprint density at radius 3 is 2.33 bits per heavy atom. The molecule has 0 aromatic rings. The first-order chi connectivity index (χ1) is 6.76. The largest absolute Gasteiger partial charge is 0.386 e. The minimum absolute atomic E-state index is 0.375. The van der Waals surface area contributed by atoms with Crippen LogP contribution < -0.4 is 0 Å². The lowest BCUT2D eigenvalue weighted by atomic mass is 9.76. The Bertz CT molecular complexity index is 236. The van der Waals surface area contributed by atoms with Crippen molar-refractivity contribution in [3.8, 4) is 0 Å². The summed E-state index contributed by atoms with van der Waals surface area (Å²) in [6, 6.07) is 0. The minimum Gasteiger partial charge on any atom is -0.386 e. The molecular weight excluding hydrogens is 184 g/mol. The molecule has 1 heteroatoms. The van der Waals surface area contributed by atoms with E-state index in [-0.39, 0.29) is 0 Å². The monoisotopic (exact) mass is 210 g/mol.